The molecule has 1 atom stereocenters. The Morgan fingerprint density at radius 3 is 2.52 bits per heavy atom. The second-order valence-corrected chi connectivity index (χ2v) is 8.87. The number of nitrogens with zero attached hydrogens (tertiary/aromatic N) is 1. The van der Waals surface area contributed by atoms with E-state index in [-0.39, 0.29) is 11.6 Å². The van der Waals surface area contributed by atoms with Crippen LogP contribution in [-0.2, 0) is 19.9 Å². The van der Waals surface area contributed by atoms with Crippen LogP contribution in [0.25, 0.3) is 0 Å². The van der Waals surface area contributed by atoms with E-state index >= 15 is 0 Å². The van der Waals surface area contributed by atoms with Crippen molar-refractivity contribution >= 4 is 39.4 Å². The standard InChI is InChI=1S/C24H25BrN2O4/c1-2-27-20-14-13-17(25)15-19(20)24(23(27)30,22(29)26-18-11-7-4-8-12-18)31-21(28)16-9-5-3-6-10-16/h3,5-6,9-10,13-15,18H,2,4,7-8,11-12H2,1H3,(H,26,29). The summed E-state index contributed by atoms with van der Waals surface area (Å²) in [5.74, 6) is -1.83. The number of hydrogen-bond donors (Lipinski definition) is 1. The number of anilines is 1. The van der Waals surface area contributed by atoms with E-state index in [9.17, 15) is 14.4 Å². The molecule has 1 unspecified atom stereocenters. The number of nitrogens with one attached hydrogen (secondary N) is 1. The number of hydrogen-bond acceptors (Lipinski definition) is 4. The van der Waals surface area contributed by atoms with Crippen molar-refractivity contribution in [3.05, 3.63) is 64.1 Å². The van der Waals surface area contributed by atoms with Gasteiger partial charge in [-0.2, -0.15) is 0 Å². The summed E-state index contributed by atoms with van der Waals surface area (Å²) in [6, 6.07) is 13.7. The second-order valence-electron chi connectivity index (χ2n) is 7.96. The summed E-state index contributed by atoms with van der Waals surface area (Å²) in [5.41, 5.74) is -0.812. The van der Waals surface area contributed by atoms with Crippen molar-refractivity contribution in [2.24, 2.45) is 0 Å². The predicted molar refractivity (Wildman–Crippen MR) is 121 cm³/mol. The van der Waals surface area contributed by atoms with Crippen LogP contribution in [0, 0.1) is 0 Å². The van der Waals surface area contributed by atoms with Crippen molar-refractivity contribution in [1.82, 2.24) is 5.32 Å². The minimum Gasteiger partial charge on any atom is -0.430 e. The average Bonchev–Trinajstić information content (AvgIpc) is 3.02. The lowest BCUT2D eigenvalue weighted by atomic mass is 9.91. The summed E-state index contributed by atoms with van der Waals surface area (Å²) >= 11 is 3.44. The Bertz CT molecular complexity index is 1000. The molecule has 1 saturated carbocycles. The van der Waals surface area contributed by atoms with Crippen LogP contribution in [0.2, 0.25) is 0 Å². The lowest BCUT2D eigenvalue weighted by Crippen LogP contribution is -2.56. The van der Waals surface area contributed by atoms with E-state index in [1.807, 2.05) is 13.0 Å². The molecule has 0 spiro atoms. The third-order valence-corrected chi connectivity index (χ3v) is 6.50. The van der Waals surface area contributed by atoms with E-state index < -0.39 is 23.4 Å². The van der Waals surface area contributed by atoms with Gasteiger partial charge in [0.2, 0.25) is 0 Å². The van der Waals surface area contributed by atoms with Crippen molar-refractivity contribution in [2.45, 2.75) is 50.7 Å². The molecule has 1 aliphatic heterocycles. The molecular weight excluding hydrogens is 460 g/mol. The Labute approximate surface area is 190 Å². The van der Waals surface area contributed by atoms with Gasteiger partial charge in [0.05, 0.1) is 11.3 Å². The van der Waals surface area contributed by atoms with Crippen molar-refractivity contribution in [3.8, 4) is 0 Å². The molecule has 7 heteroatoms. The lowest BCUT2D eigenvalue weighted by Gasteiger charge is -2.31. The van der Waals surface area contributed by atoms with Crippen LogP contribution in [0.4, 0.5) is 5.69 Å². The average molecular weight is 485 g/mol. The molecule has 6 nitrogen and oxygen atoms in total. The molecule has 2 amide bonds. The van der Waals surface area contributed by atoms with Gasteiger partial charge in [0, 0.05) is 22.6 Å². The van der Waals surface area contributed by atoms with Gasteiger partial charge < -0.3 is 15.0 Å². The van der Waals surface area contributed by atoms with E-state index in [4.69, 9.17) is 4.74 Å². The number of carbonyl (C=O) groups is 3. The fourth-order valence-electron chi connectivity index (χ4n) is 4.42. The Balaban J connectivity index is 1.79. The molecule has 0 bridgehead atoms. The van der Waals surface area contributed by atoms with Crippen LogP contribution in [0.1, 0.15) is 54.9 Å². The first-order valence-corrected chi connectivity index (χ1v) is 11.5. The number of carbonyl (C=O) groups excluding carboxylic acids is 3. The molecule has 2 aliphatic rings. The Morgan fingerprint density at radius 2 is 1.84 bits per heavy atom. The molecular formula is C24H25BrN2O4. The number of amides is 2. The highest BCUT2D eigenvalue weighted by Crippen LogP contribution is 2.45. The number of likely N-dealkylation sites (N-methyl/N-ethyl adjacent to an activating group) is 1. The van der Waals surface area contributed by atoms with E-state index in [0.717, 1.165) is 32.1 Å². The number of ether oxygens (including phenoxy) is 1. The number of halogens is 1. The van der Waals surface area contributed by atoms with Crippen LogP contribution in [0.3, 0.4) is 0 Å². The summed E-state index contributed by atoms with van der Waals surface area (Å²) in [6.45, 7) is 2.19. The molecule has 1 N–H and O–H groups in total. The molecule has 31 heavy (non-hydrogen) atoms. The van der Waals surface area contributed by atoms with Crippen molar-refractivity contribution < 1.29 is 19.1 Å². The maximum absolute atomic E-state index is 13.7. The molecule has 1 aliphatic carbocycles. The molecule has 2 aromatic carbocycles. The minimum absolute atomic E-state index is 0.0346. The quantitative estimate of drug-likeness (QED) is 0.506. The Kier molecular flexibility index (Phi) is 6.14. The summed E-state index contributed by atoms with van der Waals surface area (Å²) < 4.78 is 6.55. The van der Waals surface area contributed by atoms with Gasteiger partial charge in [0.25, 0.3) is 17.4 Å². The largest absolute Gasteiger partial charge is 0.430 e. The van der Waals surface area contributed by atoms with E-state index in [2.05, 4.69) is 21.2 Å². The molecule has 0 radical (unpaired) electrons. The first-order chi connectivity index (χ1) is 15.0. The highest BCUT2D eigenvalue weighted by molar-refractivity contribution is 9.10. The van der Waals surface area contributed by atoms with Crippen LogP contribution in [-0.4, -0.2) is 30.4 Å². The molecule has 1 fully saturated rings. The topological polar surface area (TPSA) is 75.7 Å². The second kappa shape index (κ2) is 8.83. The van der Waals surface area contributed by atoms with Gasteiger partial charge >= 0.3 is 5.97 Å². The summed E-state index contributed by atoms with van der Waals surface area (Å²) in [7, 11) is 0. The fraction of sp³-hybridized carbons (Fsp3) is 0.375. The molecule has 4 rings (SSSR count). The molecule has 0 aromatic heterocycles. The minimum atomic E-state index is -2.06. The van der Waals surface area contributed by atoms with Crippen LogP contribution >= 0.6 is 15.9 Å². The third-order valence-electron chi connectivity index (χ3n) is 6.01. The van der Waals surface area contributed by atoms with Crippen LogP contribution < -0.4 is 10.2 Å². The number of rotatable bonds is 5. The molecule has 0 saturated heterocycles. The number of esters is 1. The van der Waals surface area contributed by atoms with E-state index in [1.54, 1.807) is 42.5 Å². The monoisotopic (exact) mass is 484 g/mol. The molecule has 1 heterocycles. The van der Waals surface area contributed by atoms with Gasteiger partial charge in [-0.05, 0) is 50.1 Å². The summed E-state index contributed by atoms with van der Waals surface area (Å²) in [5, 5.41) is 3.01. The maximum atomic E-state index is 13.7. The first kappa shape index (κ1) is 21.6. The summed E-state index contributed by atoms with van der Waals surface area (Å²) in [4.78, 5) is 41.9. The lowest BCUT2D eigenvalue weighted by molar-refractivity contribution is -0.153. The van der Waals surface area contributed by atoms with Crippen molar-refractivity contribution in [3.63, 3.8) is 0 Å². The van der Waals surface area contributed by atoms with Gasteiger partial charge in [0.15, 0.2) is 0 Å². The zero-order chi connectivity index (χ0) is 22.0. The Morgan fingerprint density at radius 1 is 1.13 bits per heavy atom. The van der Waals surface area contributed by atoms with E-state index in [1.165, 1.54) is 4.90 Å². The van der Waals surface area contributed by atoms with Crippen molar-refractivity contribution in [1.29, 1.82) is 0 Å². The summed E-state index contributed by atoms with van der Waals surface area (Å²) in [6.07, 6.45) is 4.90. The number of benzene rings is 2. The Hall–Kier alpha value is -2.67. The number of fused-ring (bicyclic) bond motifs is 1. The SMILES string of the molecule is CCN1C(=O)C(OC(=O)c2ccccc2)(C(=O)NC2CCCCC2)c2cc(Br)ccc21. The van der Waals surface area contributed by atoms with Gasteiger partial charge in [-0.15, -0.1) is 0 Å². The highest BCUT2D eigenvalue weighted by atomic mass is 79.9. The fourth-order valence-corrected chi connectivity index (χ4v) is 4.79. The zero-order valence-corrected chi connectivity index (χ0v) is 19.0. The van der Waals surface area contributed by atoms with Crippen molar-refractivity contribution in [2.75, 3.05) is 11.4 Å². The molecule has 162 valence electrons. The van der Waals surface area contributed by atoms with Gasteiger partial charge in [-0.3, -0.25) is 9.59 Å². The van der Waals surface area contributed by atoms with Gasteiger partial charge in [-0.1, -0.05) is 53.4 Å². The van der Waals surface area contributed by atoms with E-state index in [0.29, 0.717) is 22.3 Å². The predicted octanol–water partition coefficient (Wildman–Crippen LogP) is 4.32. The molecule has 2 aromatic rings. The highest BCUT2D eigenvalue weighted by Gasteiger charge is 2.60. The third kappa shape index (κ3) is 3.87. The zero-order valence-electron chi connectivity index (χ0n) is 17.4. The van der Waals surface area contributed by atoms with Gasteiger partial charge in [-0.25, -0.2) is 4.79 Å². The van der Waals surface area contributed by atoms with Crippen LogP contribution in [0.15, 0.2) is 53.0 Å². The van der Waals surface area contributed by atoms with Crippen LogP contribution in [0.5, 0.6) is 0 Å². The first-order valence-electron chi connectivity index (χ1n) is 10.7. The smallest absolute Gasteiger partial charge is 0.340 e. The van der Waals surface area contributed by atoms with Gasteiger partial charge in [0.1, 0.15) is 0 Å². The maximum Gasteiger partial charge on any atom is 0.340 e. The normalized spacial score (nSPS) is 21.0.